The van der Waals surface area contributed by atoms with E-state index in [0.29, 0.717) is 0 Å². The van der Waals surface area contributed by atoms with Gasteiger partial charge in [0.2, 0.25) is 0 Å². The van der Waals surface area contributed by atoms with Gasteiger partial charge in [0.15, 0.2) is 14.6 Å². The number of aromatic nitrogens is 1. The molecule has 1 amide bonds. The average Bonchev–Trinajstić information content (AvgIpc) is 2.65. The van der Waals surface area contributed by atoms with Crippen molar-refractivity contribution in [2.45, 2.75) is 17.2 Å². The van der Waals surface area contributed by atoms with Crippen LogP contribution in [0.4, 0.5) is 14.5 Å². The summed E-state index contributed by atoms with van der Waals surface area (Å²) in [6.07, 6.45) is 0.905. The van der Waals surface area contributed by atoms with Crippen LogP contribution < -0.4 is 10.6 Å². The van der Waals surface area contributed by atoms with Crippen LogP contribution in [0.1, 0.15) is 23.0 Å². The summed E-state index contributed by atoms with van der Waals surface area (Å²) < 4.78 is 52.6. The third-order valence-electron chi connectivity index (χ3n) is 5.76. The molecule has 1 aromatic heterocycles. The van der Waals surface area contributed by atoms with Crippen LogP contribution in [-0.4, -0.2) is 60.7 Å². The Morgan fingerprint density at radius 1 is 1.26 bits per heavy atom. The lowest BCUT2D eigenvalue weighted by Gasteiger charge is -2.53. The highest BCUT2D eigenvalue weighted by molar-refractivity contribution is 7.93. The Balaban J connectivity index is 1.63. The van der Waals surface area contributed by atoms with Gasteiger partial charge in [0, 0.05) is 24.3 Å². The number of carbonyl (C=O) groups excluding carboxylic acids is 1. The molecule has 0 aliphatic carbocycles. The molecule has 2 aliphatic heterocycles. The van der Waals surface area contributed by atoms with E-state index in [9.17, 15) is 22.0 Å². The van der Waals surface area contributed by atoms with Crippen LogP contribution in [-0.2, 0) is 15.4 Å². The fourth-order valence-corrected chi connectivity index (χ4v) is 6.62. The molecule has 1 spiro atoms. The SMILES string of the molecule is CN1CC2(C1)C(=N)N[C@](C)(c1cc(NC(=O)c3ccc(F)cn3)ccc1F)CS2(=O)=O. The molecule has 0 unspecified atom stereocenters. The fraction of sp³-hybridized carbons (Fsp3) is 0.350. The zero-order valence-corrected chi connectivity index (χ0v) is 17.7. The van der Waals surface area contributed by atoms with Crippen molar-refractivity contribution in [1.82, 2.24) is 15.2 Å². The van der Waals surface area contributed by atoms with Crippen molar-refractivity contribution in [2.75, 3.05) is 31.2 Å². The molecular formula is C20H21F2N5O3S. The molecule has 1 atom stereocenters. The smallest absolute Gasteiger partial charge is 0.274 e. The number of amidine groups is 1. The van der Waals surface area contributed by atoms with E-state index in [2.05, 4.69) is 15.6 Å². The molecular weight excluding hydrogens is 428 g/mol. The highest BCUT2D eigenvalue weighted by atomic mass is 32.2. The van der Waals surface area contributed by atoms with Gasteiger partial charge in [-0.05, 0) is 44.3 Å². The molecule has 2 aromatic rings. The highest BCUT2D eigenvalue weighted by Gasteiger charge is 2.61. The lowest BCUT2D eigenvalue weighted by molar-refractivity contribution is 0.102. The van der Waals surface area contributed by atoms with Gasteiger partial charge in [0.1, 0.15) is 23.2 Å². The van der Waals surface area contributed by atoms with Crippen molar-refractivity contribution in [3.05, 3.63) is 59.4 Å². The molecule has 31 heavy (non-hydrogen) atoms. The van der Waals surface area contributed by atoms with E-state index in [1.807, 2.05) is 0 Å². The van der Waals surface area contributed by atoms with E-state index in [-0.39, 0.29) is 35.9 Å². The Morgan fingerprint density at radius 2 is 1.97 bits per heavy atom. The number of hydrogen-bond donors (Lipinski definition) is 3. The molecule has 2 fully saturated rings. The number of sulfone groups is 1. The van der Waals surface area contributed by atoms with E-state index in [1.54, 1.807) is 11.9 Å². The third kappa shape index (κ3) is 3.47. The molecule has 2 aliphatic rings. The largest absolute Gasteiger partial charge is 0.362 e. The van der Waals surface area contributed by atoms with Gasteiger partial charge in [-0.2, -0.15) is 0 Å². The number of benzene rings is 1. The molecule has 164 valence electrons. The molecule has 8 nitrogen and oxygen atoms in total. The number of nitrogens with zero attached hydrogens (tertiary/aromatic N) is 2. The number of nitrogens with one attached hydrogen (secondary N) is 3. The zero-order chi connectivity index (χ0) is 22.6. The van der Waals surface area contributed by atoms with Crippen molar-refractivity contribution in [1.29, 1.82) is 5.41 Å². The van der Waals surface area contributed by atoms with Gasteiger partial charge >= 0.3 is 0 Å². The minimum Gasteiger partial charge on any atom is -0.362 e. The Labute approximate surface area is 178 Å². The van der Waals surface area contributed by atoms with Crippen LogP contribution in [0.25, 0.3) is 0 Å². The molecule has 3 heterocycles. The van der Waals surface area contributed by atoms with Crippen LogP contribution in [0.5, 0.6) is 0 Å². The summed E-state index contributed by atoms with van der Waals surface area (Å²) in [5, 5.41) is 13.8. The standard InChI is InChI=1S/C20H21F2N5O3S/c1-19(11-31(29,30)20(18(23)26-19)9-27(2)10-20)14-7-13(4-5-15(14)22)25-17(28)16-6-3-12(21)8-24-16/h3-8H,9-11H2,1-2H3,(H2,23,26)(H,25,28)/t19-/m0/s1. The first kappa shape index (κ1) is 21.3. The number of amides is 1. The van der Waals surface area contributed by atoms with E-state index >= 15 is 0 Å². The molecule has 3 N–H and O–H groups in total. The van der Waals surface area contributed by atoms with E-state index in [4.69, 9.17) is 5.41 Å². The summed E-state index contributed by atoms with van der Waals surface area (Å²) in [5.41, 5.74) is -1.21. The highest BCUT2D eigenvalue weighted by Crippen LogP contribution is 2.40. The maximum Gasteiger partial charge on any atom is 0.274 e. The summed E-state index contributed by atoms with van der Waals surface area (Å²) in [6, 6.07) is 6.08. The van der Waals surface area contributed by atoms with Gasteiger partial charge < -0.3 is 15.5 Å². The Bertz CT molecular complexity index is 1180. The van der Waals surface area contributed by atoms with Gasteiger partial charge in [-0.1, -0.05) is 0 Å². The maximum atomic E-state index is 14.8. The van der Waals surface area contributed by atoms with Gasteiger partial charge in [-0.3, -0.25) is 10.2 Å². The zero-order valence-electron chi connectivity index (χ0n) is 16.9. The fourth-order valence-electron chi connectivity index (χ4n) is 4.16. The topological polar surface area (TPSA) is 115 Å². The molecule has 11 heteroatoms. The Kier molecular flexibility index (Phi) is 4.85. The summed E-state index contributed by atoms with van der Waals surface area (Å²) in [7, 11) is -1.98. The van der Waals surface area contributed by atoms with Crippen molar-refractivity contribution in [3.8, 4) is 0 Å². The third-order valence-corrected chi connectivity index (χ3v) is 8.37. The first-order chi connectivity index (χ1) is 14.5. The monoisotopic (exact) mass is 449 g/mol. The Morgan fingerprint density at radius 3 is 2.55 bits per heavy atom. The van der Waals surface area contributed by atoms with Gasteiger partial charge in [0.25, 0.3) is 5.91 Å². The van der Waals surface area contributed by atoms with Crippen LogP contribution in [0.3, 0.4) is 0 Å². The molecule has 1 aromatic carbocycles. The second-order valence-electron chi connectivity index (χ2n) is 8.27. The summed E-state index contributed by atoms with van der Waals surface area (Å²) in [4.78, 5) is 17.9. The van der Waals surface area contributed by atoms with Crippen molar-refractivity contribution >= 4 is 27.3 Å². The van der Waals surface area contributed by atoms with Crippen LogP contribution in [0.2, 0.25) is 0 Å². The second-order valence-corrected chi connectivity index (χ2v) is 10.6. The molecule has 2 saturated heterocycles. The minimum atomic E-state index is -3.75. The number of halogens is 2. The van der Waals surface area contributed by atoms with Gasteiger partial charge in [-0.25, -0.2) is 22.2 Å². The normalized spacial score (nSPS) is 24.3. The number of anilines is 1. The first-order valence-corrected chi connectivity index (χ1v) is 11.1. The van der Waals surface area contributed by atoms with Crippen LogP contribution in [0.15, 0.2) is 36.5 Å². The number of likely N-dealkylation sites (tertiary alicyclic amines) is 1. The number of carbonyl (C=O) groups is 1. The lowest BCUT2D eigenvalue weighted by atomic mass is 9.89. The van der Waals surface area contributed by atoms with Crippen molar-refractivity contribution < 1.29 is 22.0 Å². The number of rotatable bonds is 3. The molecule has 0 radical (unpaired) electrons. The number of hydrogen-bond acceptors (Lipinski definition) is 6. The summed E-state index contributed by atoms with van der Waals surface area (Å²) in [5.74, 6) is -2.45. The van der Waals surface area contributed by atoms with E-state index < -0.39 is 43.4 Å². The van der Waals surface area contributed by atoms with Gasteiger partial charge in [0.05, 0.1) is 17.5 Å². The minimum absolute atomic E-state index is 0.00761. The van der Waals surface area contributed by atoms with Crippen LogP contribution in [0, 0.1) is 17.0 Å². The molecule has 0 saturated carbocycles. The molecule has 4 rings (SSSR count). The maximum absolute atomic E-state index is 14.8. The van der Waals surface area contributed by atoms with Crippen molar-refractivity contribution in [3.63, 3.8) is 0 Å². The number of pyridine rings is 1. The average molecular weight is 449 g/mol. The van der Waals surface area contributed by atoms with E-state index in [0.717, 1.165) is 18.3 Å². The summed E-state index contributed by atoms with van der Waals surface area (Å²) >= 11 is 0. The quantitative estimate of drug-likeness (QED) is 0.654. The molecule has 0 bridgehead atoms. The predicted octanol–water partition coefficient (Wildman–Crippen LogP) is 1.51. The predicted molar refractivity (Wildman–Crippen MR) is 111 cm³/mol. The summed E-state index contributed by atoms with van der Waals surface area (Å²) in [6.45, 7) is 1.93. The Hall–Kier alpha value is -2.92. The van der Waals surface area contributed by atoms with Gasteiger partial charge in [-0.15, -0.1) is 0 Å². The lowest BCUT2D eigenvalue weighted by Crippen LogP contribution is -2.77. The van der Waals surface area contributed by atoms with Crippen LogP contribution >= 0.6 is 0 Å². The second kappa shape index (κ2) is 7.06. The van der Waals surface area contributed by atoms with Crippen molar-refractivity contribution in [2.24, 2.45) is 0 Å². The van der Waals surface area contributed by atoms with E-state index in [1.165, 1.54) is 25.1 Å². The first-order valence-electron chi connectivity index (χ1n) is 9.47.